The highest BCUT2D eigenvalue weighted by atomic mass is 35.5. The van der Waals surface area contributed by atoms with Crippen LogP contribution in [-0.4, -0.2) is 64.4 Å². The summed E-state index contributed by atoms with van der Waals surface area (Å²) < 4.78 is 18.1. The fraction of sp³-hybridized carbons (Fsp3) is 0.320. The lowest BCUT2D eigenvalue weighted by molar-refractivity contribution is 0.0629. The number of benzene rings is 2. The summed E-state index contributed by atoms with van der Waals surface area (Å²) in [5, 5.41) is 9.50. The van der Waals surface area contributed by atoms with Crippen LogP contribution in [0, 0.1) is 0 Å². The number of nitrogens with zero attached hydrogens (tertiary/aromatic N) is 4. The van der Waals surface area contributed by atoms with E-state index in [1.807, 2.05) is 42.5 Å². The number of hydrogen-bond acceptors (Lipinski definition) is 6. The molecule has 4 aromatic rings. The maximum absolute atomic E-state index is 13.0. The molecule has 0 saturated heterocycles. The second-order valence-electron chi connectivity index (χ2n) is 8.24. The fourth-order valence-corrected chi connectivity index (χ4v) is 4.63. The number of amides is 1. The molecule has 2 aromatic heterocycles. The molecule has 1 N–H and O–H groups in total. The molecule has 1 aliphatic heterocycles. The number of nitrogens with one attached hydrogen (secondary N) is 1. The van der Waals surface area contributed by atoms with Crippen molar-refractivity contribution in [2.24, 2.45) is 0 Å². The van der Waals surface area contributed by atoms with E-state index in [-0.39, 0.29) is 18.7 Å². The van der Waals surface area contributed by atoms with Gasteiger partial charge in [-0.25, -0.2) is 9.48 Å². The van der Waals surface area contributed by atoms with Crippen molar-refractivity contribution in [3.8, 4) is 5.75 Å². The number of halogens is 1. The number of fused-ring (bicyclic) bond motifs is 3. The lowest BCUT2D eigenvalue weighted by atomic mass is 9.92. The van der Waals surface area contributed by atoms with Crippen LogP contribution in [0.3, 0.4) is 0 Å². The Labute approximate surface area is 207 Å². The monoisotopic (exact) mass is 495 g/mol. The minimum absolute atomic E-state index is 0.201. The van der Waals surface area contributed by atoms with Gasteiger partial charge < -0.3 is 19.2 Å². The van der Waals surface area contributed by atoms with Crippen molar-refractivity contribution in [2.75, 3.05) is 33.5 Å². The number of aromatic amines is 1. The molecule has 1 unspecified atom stereocenters. The van der Waals surface area contributed by atoms with Crippen LogP contribution in [0.4, 0.5) is 4.79 Å². The molecule has 3 heterocycles. The van der Waals surface area contributed by atoms with Crippen LogP contribution in [0.2, 0.25) is 5.02 Å². The number of carbonyl (C=O) groups is 1. The first-order valence-corrected chi connectivity index (χ1v) is 11.8. The molecular weight excluding hydrogens is 470 g/mol. The van der Waals surface area contributed by atoms with Crippen LogP contribution >= 0.6 is 11.6 Å². The number of aromatic nitrogens is 4. The van der Waals surface area contributed by atoms with E-state index in [0.717, 1.165) is 27.9 Å². The predicted molar refractivity (Wildman–Crippen MR) is 131 cm³/mol. The molecule has 1 aliphatic rings. The Morgan fingerprint density at radius 1 is 1.17 bits per heavy atom. The number of carbonyl (C=O) groups excluding carboxylic acids is 1. The maximum atomic E-state index is 13.0. The van der Waals surface area contributed by atoms with E-state index in [0.29, 0.717) is 37.7 Å². The molecule has 9 nitrogen and oxygen atoms in total. The average Bonchev–Trinajstić information content (AvgIpc) is 3.52. The standard InChI is InChI=1S/C25H26ClN5O4/c1-33-14-15-35-25(32)31-10-8-20-21-16-18(26)4-7-22(21)28-23(20)24(31)17-2-5-19(6-3-17)34-13-12-30-11-9-27-29-30/h2-7,9,11,16,24,28H,8,10,12-15H2,1H3. The van der Waals surface area contributed by atoms with Gasteiger partial charge in [-0.2, -0.15) is 0 Å². The van der Waals surface area contributed by atoms with Gasteiger partial charge in [0, 0.05) is 41.5 Å². The number of rotatable bonds is 8. The van der Waals surface area contributed by atoms with Crippen LogP contribution in [0.5, 0.6) is 5.75 Å². The van der Waals surface area contributed by atoms with Gasteiger partial charge in [-0.1, -0.05) is 28.9 Å². The Bertz CT molecular complexity index is 1290. The topological polar surface area (TPSA) is 94.5 Å². The SMILES string of the molecule is COCCOC(=O)N1CCc2c([nH]c3ccc(Cl)cc23)C1c1ccc(OCCn2ccnn2)cc1. The molecule has 0 fully saturated rings. The van der Waals surface area contributed by atoms with Gasteiger partial charge in [-0.15, -0.1) is 5.10 Å². The Balaban J connectivity index is 1.42. The van der Waals surface area contributed by atoms with Crippen LogP contribution in [0.15, 0.2) is 54.9 Å². The van der Waals surface area contributed by atoms with Crippen molar-refractivity contribution >= 4 is 28.6 Å². The summed E-state index contributed by atoms with van der Waals surface area (Å²) in [5.41, 5.74) is 4.08. The van der Waals surface area contributed by atoms with Gasteiger partial charge in [-0.3, -0.25) is 4.90 Å². The highest BCUT2D eigenvalue weighted by Gasteiger charge is 2.35. The third-order valence-corrected chi connectivity index (χ3v) is 6.33. The average molecular weight is 496 g/mol. The minimum atomic E-state index is -0.373. The van der Waals surface area contributed by atoms with Gasteiger partial charge in [0.2, 0.25) is 0 Å². The Hall–Kier alpha value is -3.56. The molecular formula is C25H26ClN5O4. The van der Waals surface area contributed by atoms with Crippen molar-refractivity contribution in [3.63, 3.8) is 0 Å². The molecule has 10 heteroatoms. The highest BCUT2D eigenvalue weighted by molar-refractivity contribution is 6.31. The molecule has 0 aliphatic carbocycles. The second kappa shape index (κ2) is 10.4. The predicted octanol–water partition coefficient (Wildman–Crippen LogP) is 4.22. The van der Waals surface area contributed by atoms with E-state index in [1.165, 1.54) is 5.56 Å². The highest BCUT2D eigenvalue weighted by Crippen LogP contribution is 2.39. The molecule has 35 heavy (non-hydrogen) atoms. The van der Waals surface area contributed by atoms with Gasteiger partial charge >= 0.3 is 6.09 Å². The molecule has 0 spiro atoms. The van der Waals surface area contributed by atoms with Gasteiger partial charge in [0.1, 0.15) is 25.0 Å². The number of hydrogen-bond donors (Lipinski definition) is 1. The summed E-state index contributed by atoms with van der Waals surface area (Å²) in [4.78, 5) is 18.3. The maximum Gasteiger partial charge on any atom is 0.410 e. The van der Waals surface area contributed by atoms with Gasteiger partial charge in [0.15, 0.2) is 0 Å². The molecule has 2 aromatic carbocycles. The van der Waals surface area contributed by atoms with E-state index in [4.69, 9.17) is 25.8 Å². The first kappa shape index (κ1) is 23.2. The zero-order chi connectivity index (χ0) is 24.2. The summed E-state index contributed by atoms with van der Waals surface area (Å²) in [5.74, 6) is 0.738. The van der Waals surface area contributed by atoms with Gasteiger partial charge in [0.05, 0.1) is 19.3 Å². The Kier molecular flexibility index (Phi) is 6.87. The largest absolute Gasteiger partial charge is 0.492 e. The van der Waals surface area contributed by atoms with Crippen LogP contribution in [0.1, 0.15) is 22.9 Å². The fourth-order valence-electron chi connectivity index (χ4n) is 4.45. The zero-order valence-corrected chi connectivity index (χ0v) is 20.1. The van der Waals surface area contributed by atoms with Crippen molar-refractivity contribution < 1.29 is 19.0 Å². The van der Waals surface area contributed by atoms with Crippen LogP contribution in [-0.2, 0) is 22.4 Å². The van der Waals surface area contributed by atoms with E-state index in [2.05, 4.69) is 15.3 Å². The first-order valence-electron chi connectivity index (χ1n) is 11.4. The quantitative estimate of drug-likeness (QED) is 0.368. The van der Waals surface area contributed by atoms with Gasteiger partial charge in [0.25, 0.3) is 0 Å². The molecule has 0 saturated carbocycles. The number of ether oxygens (including phenoxy) is 3. The first-order chi connectivity index (χ1) is 17.1. The number of H-pyrrole nitrogens is 1. The summed E-state index contributed by atoms with van der Waals surface area (Å²) >= 11 is 6.28. The van der Waals surface area contributed by atoms with Crippen LogP contribution in [0.25, 0.3) is 10.9 Å². The molecule has 0 bridgehead atoms. The number of methoxy groups -OCH3 is 1. The molecule has 5 rings (SSSR count). The zero-order valence-electron chi connectivity index (χ0n) is 19.3. The summed E-state index contributed by atoms with van der Waals surface area (Å²) in [7, 11) is 1.58. The molecule has 182 valence electrons. The summed E-state index contributed by atoms with van der Waals surface area (Å²) in [6.07, 6.45) is 3.76. The lowest BCUT2D eigenvalue weighted by Crippen LogP contribution is -2.41. The minimum Gasteiger partial charge on any atom is -0.492 e. The molecule has 1 amide bonds. The van der Waals surface area contributed by atoms with Crippen molar-refractivity contribution in [2.45, 2.75) is 19.0 Å². The van der Waals surface area contributed by atoms with E-state index in [9.17, 15) is 4.79 Å². The third-order valence-electron chi connectivity index (χ3n) is 6.09. The lowest BCUT2D eigenvalue weighted by Gasteiger charge is -2.35. The van der Waals surface area contributed by atoms with Crippen molar-refractivity contribution in [1.82, 2.24) is 24.9 Å². The van der Waals surface area contributed by atoms with Crippen LogP contribution < -0.4 is 4.74 Å². The van der Waals surface area contributed by atoms with E-state index in [1.54, 1.807) is 29.1 Å². The van der Waals surface area contributed by atoms with E-state index >= 15 is 0 Å². The normalized spacial score (nSPS) is 15.3. The smallest absolute Gasteiger partial charge is 0.410 e. The van der Waals surface area contributed by atoms with Crippen molar-refractivity contribution in [1.29, 1.82) is 0 Å². The Morgan fingerprint density at radius 3 is 2.80 bits per heavy atom. The summed E-state index contributed by atoms with van der Waals surface area (Å²) in [6, 6.07) is 13.3. The molecule has 1 atom stereocenters. The molecule has 0 radical (unpaired) electrons. The summed E-state index contributed by atoms with van der Waals surface area (Å²) in [6.45, 7) is 2.15. The van der Waals surface area contributed by atoms with E-state index < -0.39 is 0 Å². The van der Waals surface area contributed by atoms with Crippen molar-refractivity contribution in [3.05, 3.63) is 76.7 Å². The third kappa shape index (κ3) is 4.96. The van der Waals surface area contributed by atoms with Gasteiger partial charge in [-0.05, 0) is 47.9 Å². The Morgan fingerprint density at radius 2 is 2.03 bits per heavy atom. The second-order valence-corrected chi connectivity index (χ2v) is 8.68.